The summed E-state index contributed by atoms with van der Waals surface area (Å²) in [7, 11) is 0. The van der Waals surface area contributed by atoms with Crippen molar-refractivity contribution in [2.24, 2.45) is 5.41 Å². The lowest BCUT2D eigenvalue weighted by atomic mass is 9.74. The minimum absolute atomic E-state index is 0.216. The third kappa shape index (κ3) is 4.75. The molecule has 1 aromatic rings. The van der Waals surface area contributed by atoms with E-state index in [2.05, 4.69) is 19.1 Å². The summed E-state index contributed by atoms with van der Waals surface area (Å²) < 4.78 is 0. The third-order valence-corrected chi connectivity index (χ3v) is 5.73. The van der Waals surface area contributed by atoms with Crippen LogP contribution in [0.2, 0.25) is 0 Å². The van der Waals surface area contributed by atoms with E-state index in [1.807, 2.05) is 34.9 Å². The second kappa shape index (κ2) is 8.59. The van der Waals surface area contributed by atoms with Gasteiger partial charge in [-0.15, -0.1) is 11.8 Å². The monoisotopic (exact) mass is 321 g/mol. The SMILES string of the molecule is CCC1(CCCO)CCC(=O)N(CCSc2ccccc2)C1. The smallest absolute Gasteiger partial charge is 0.222 e. The first kappa shape index (κ1) is 17.4. The Bertz CT molecular complexity index is 465. The Morgan fingerprint density at radius 2 is 2.09 bits per heavy atom. The van der Waals surface area contributed by atoms with Crippen molar-refractivity contribution in [3.05, 3.63) is 30.3 Å². The van der Waals surface area contributed by atoms with E-state index in [0.717, 1.165) is 44.5 Å². The summed E-state index contributed by atoms with van der Waals surface area (Å²) in [5.74, 6) is 1.23. The zero-order valence-electron chi connectivity index (χ0n) is 13.5. The van der Waals surface area contributed by atoms with Crippen molar-refractivity contribution in [3.63, 3.8) is 0 Å². The molecule has 0 aliphatic carbocycles. The van der Waals surface area contributed by atoms with Crippen molar-refractivity contribution < 1.29 is 9.90 Å². The van der Waals surface area contributed by atoms with Gasteiger partial charge in [-0.25, -0.2) is 0 Å². The number of nitrogens with zero attached hydrogens (tertiary/aromatic N) is 1. The molecule has 0 spiro atoms. The van der Waals surface area contributed by atoms with Crippen LogP contribution in [-0.2, 0) is 4.79 Å². The number of amides is 1. The molecule has 1 aliphatic heterocycles. The molecule has 3 nitrogen and oxygen atoms in total. The quantitative estimate of drug-likeness (QED) is 0.744. The van der Waals surface area contributed by atoms with Gasteiger partial charge in [0.05, 0.1) is 0 Å². The summed E-state index contributed by atoms with van der Waals surface area (Å²) in [5, 5.41) is 9.11. The van der Waals surface area contributed by atoms with E-state index < -0.39 is 0 Å². The molecule has 22 heavy (non-hydrogen) atoms. The lowest BCUT2D eigenvalue weighted by Crippen LogP contribution is -2.47. The van der Waals surface area contributed by atoms with Gasteiger partial charge in [0.25, 0.3) is 0 Å². The average Bonchev–Trinajstić information content (AvgIpc) is 2.56. The van der Waals surface area contributed by atoms with Crippen LogP contribution in [0.1, 0.15) is 39.0 Å². The number of carbonyl (C=O) groups excluding carboxylic acids is 1. The van der Waals surface area contributed by atoms with E-state index in [4.69, 9.17) is 5.11 Å². The summed E-state index contributed by atoms with van der Waals surface area (Å²) >= 11 is 1.81. The Hall–Kier alpha value is -1.00. The summed E-state index contributed by atoms with van der Waals surface area (Å²) in [6, 6.07) is 10.3. The third-order valence-electron chi connectivity index (χ3n) is 4.74. The zero-order valence-corrected chi connectivity index (χ0v) is 14.3. The average molecular weight is 321 g/mol. The minimum atomic E-state index is 0.216. The van der Waals surface area contributed by atoms with Gasteiger partial charge in [-0.2, -0.15) is 0 Å². The molecule has 1 N–H and O–H groups in total. The molecule has 1 amide bonds. The van der Waals surface area contributed by atoms with Crippen LogP contribution in [0, 0.1) is 5.41 Å². The van der Waals surface area contributed by atoms with Gasteiger partial charge in [0.1, 0.15) is 0 Å². The van der Waals surface area contributed by atoms with Gasteiger partial charge >= 0.3 is 0 Å². The van der Waals surface area contributed by atoms with Gasteiger partial charge in [0, 0.05) is 36.8 Å². The van der Waals surface area contributed by atoms with E-state index >= 15 is 0 Å². The molecule has 0 saturated carbocycles. The Kier molecular flexibility index (Phi) is 6.77. The molecule has 0 aromatic heterocycles. The first-order valence-electron chi connectivity index (χ1n) is 8.25. The molecule has 0 radical (unpaired) electrons. The fraction of sp³-hybridized carbons (Fsp3) is 0.611. The molecule has 1 fully saturated rings. The maximum atomic E-state index is 12.2. The molecule has 4 heteroatoms. The first-order valence-corrected chi connectivity index (χ1v) is 9.24. The molecule has 2 rings (SSSR count). The standard InChI is InChI=1S/C18H27NO2S/c1-2-18(10-6-13-20)11-9-17(21)19(15-18)12-14-22-16-7-4-3-5-8-16/h3-5,7-8,20H,2,6,9-15H2,1H3. The highest BCUT2D eigenvalue weighted by molar-refractivity contribution is 7.99. The number of hydrogen-bond donors (Lipinski definition) is 1. The van der Waals surface area contributed by atoms with Gasteiger partial charge in [-0.3, -0.25) is 4.79 Å². The highest BCUT2D eigenvalue weighted by Crippen LogP contribution is 2.38. The molecule has 1 aliphatic rings. The largest absolute Gasteiger partial charge is 0.396 e. The van der Waals surface area contributed by atoms with Gasteiger partial charge in [0.15, 0.2) is 0 Å². The van der Waals surface area contributed by atoms with Crippen molar-refractivity contribution in [1.29, 1.82) is 0 Å². The van der Waals surface area contributed by atoms with Crippen LogP contribution in [0.25, 0.3) is 0 Å². The van der Waals surface area contributed by atoms with Crippen LogP contribution < -0.4 is 0 Å². The number of aliphatic hydroxyl groups excluding tert-OH is 1. The Morgan fingerprint density at radius 1 is 1.32 bits per heavy atom. The maximum Gasteiger partial charge on any atom is 0.222 e. The Labute approximate surface area is 138 Å². The van der Waals surface area contributed by atoms with Crippen LogP contribution in [0.4, 0.5) is 0 Å². The van der Waals surface area contributed by atoms with Crippen LogP contribution in [0.15, 0.2) is 35.2 Å². The second-order valence-corrected chi connectivity index (χ2v) is 7.33. The van der Waals surface area contributed by atoms with E-state index in [9.17, 15) is 4.79 Å². The first-order chi connectivity index (χ1) is 10.7. The predicted octanol–water partition coefficient (Wildman–Crippen LogP) is 3.57. The molecule has 0 bridgehead atoms. The Balaban J connectivity index is 1.86. The van der Waals surface area contributed by atoms with E-state index in [0.29, 0.717) is 12.3 Å². The molecule has 1 saturated heterocycles. The van der Waals surface area contributed by atoms with Crippen molar-refractivity contribution in [3.8, 4) is 0 Å². The Morgan fingerprint density at radius 3 is 2.77 bits per heavy atom. The topological polar surface area (TPSA) is 40.5 Å². The van der Waals surface area contributed by atoms with Crippen LogP contribution in [-0.4, -0.2) is 41.4 Å². The van der Waals surface area contributed by atoms with Gasteiger partial charge in [-0.05, 0) is 43.2 Å². The van der Waals surface area contributed by atoms with E-state index in [-0.39, 0.29) is 12.0 Å². The lowest BCUT2D eigenvalue weighted by Gasteiger charge is -2.42. The van der Waals surface area contributed by atoms with Gasteiger partial charge < -0.3 is 10.0 Å². The number of benzene rings is 1. The number of thioether (sulfide) groups is 1. The van der Waals surface area contributed by atoms with Crippen molar-refractivity contribution >= 4 is 17.7 Å². The summed E-state index contributed by atoms with van der Waals surface area (Å²) in [6.45, 7) is 4.14. The minimum Gasteiger partial charge on any atom is -0.396 e. The zero-order chi connectivity index (χ0) is 15.8. The predicted molar refractivity (Wildman–Crippen MR) is 92.0 cm³/mol. The molecule has 1 unspecified atom stereocenters. The van der Waals surface area contributed by atoms with Crippen LogP contribution in [0.3, 0.4) is 0 Å². The maximum absolute atomic E-state index is 12.2. The number of rotatable bonds is 8. The highest BCUT2D eigenvalue weighted by atomic mass is 32.2. The summed E-state index contributed by atoms with van der Waals surface area (Å²) in [6.07, 6.45) is 4.59. The van der Waals surface area contributed by atoms with E-state index in [1.54, 1.807) is 0 Å². The molecule has 1 heterocycles. The van der Waals surface area contributed by atoms with Gasteiger partial charge in [0.2, 0.25) is 5.91 Å². The lowest BCUT2D eigenvalue weighted by molar-refractivity contribution is -0.137. The van der Waals surface area contributed by atoms with E-state index in [1.165, 1.54) is 4.90 Å². The molecule has 1 aromatic carbocycles. The van der Waals surface area contributed by atoms with Gasteiger partial charge in [-0.1, -0.05) is 25.1 Å². The summed E-state index contributed by atoms with van der Waals surface area (Å²) in [5.41, 5.74) is 0.216. The van der Waals surface area contributed by atoms with Crippen LogP contribution >= 0.6 is 11.8 Å². The molecular weight excluding hydrogens is 294 g/mol. The molecule has 1 atom stereocenters. The number of piperidine rings is 1. The second-order valence-electron chi connectivity index (χ2n) is 6.16. The van der Waals surface area contributed by atoms with Crippen molar-refractivity contribution in [1.82, 2.24) is 4.90 Å². The van der Waals surface area contributed by atoms with Crippen LogP contribution in [0.5, 0.6) is 0 Å². The van der Waals surface area contributed by atoms with Crippen molar-refractivity contribution in [2.75, 3.05) is 25.4 Å². The fourth-order valence-corrected chi connectivity index (χ4v) is 4.12. The highest BCUT2D eigenvalue weighted by Gasteiger charge is 2.36. The number of carbonyl (C=O) groups is 1. The number of likely N-dealkylation sites (tertiary alicyclic amines) is 1. The fourth-order valence-electron chi connectivity index (χ4n) is 3.22. The molecule has 122 valence electrons. The van der Waals surface area contributed by atoms with Crippen molar-refractivity contribution in [2.45, 2.75) is 43.9 Å². The normalized spacial score (nSPS) is 22.1. The number of aliphatic hydroxyl groups is 1. The number of hydrogen-bond acceptors (Lipinski definition) is 3. The molecular formula is C18H27NO2S. The summed E-state index contributed by atoms with van der Waals surface area (Å²) in [4.78, 5) is 15.5.